The van der Waals surface area contributed by atoms with Crippen LogP contribution in [0.25, 0.3) is 0 Å². The summed E-state index contributed by atoms with van der Waals surface area (Å²) in [5.41, 5.74) is -2.60. The van der Waals surface area contributed by atoms with Crippen molar-refractivity contribution >= 4 is 0 Å². The van der Waals surface area contributed by atoms with Crippen molar-refractivity contribution in [3.63, 3.8) is 0 Å². The Kier molecular flexibility index (Phi) is 6.04. The van der Waals surface area contributed by atoms with Gasteiger partial charge >= 0.3 is 0 Å². The third-order valence-electron chi connectivity index (χ3n) is 2.88. The number of hydroxylamine groups is 1. The lowest BCUT2D eigenvalue weighted by Gasteiger charge is -2.39. The van der Waals surface area contributed by atoms with Crippen molar-refractivity contribution in [1.82, 2.24) is 5.17 Å². The lowest BCUT2D eigenvalue weighted by molar-refractivity contribution is -0.763. The number of hydrazine groups is 1. The number of hydrogen-bond acceptors (Lipinski definition) is 6. The average Bonchev–Trinajstić information content (AvgIpc) is 2.35. The van der Waals surface area contributed by atoms with E-state index in [4.69, 9.17) is 10.5 Å². The van der Waals surface area contributed by atoms with Crippen molar-refractivity contribution < 1.29 is 15.1 Å². The zero-order valence-corrected chi connectivity index (χ0v) is 12.1. The van der Waals surface area contributed by atoms with Crippen LogP contribution in [0.5, 0.6) is 0 Å². The van der Waals surface area contributed by atoms with Crippen molar-refractivity contribution in [2.45, 2.75) is 63.8 Å². The van der Waals surface area contributed by atoms with Crippen LogP contribution < -0.4 is 0 Å². The molecular formula is C12H20N4O4. The van der Waals surface area contributed by atoms with Crippen LogP contribution in [0, 0.1) is 32.8 Å². The molecule has 2 atom stereocenters. The summed E-state index contributed by atoms with van der Waals surface area (Å²) in [5, 5.41) is 47.9. The largest absolute Gasteiger partial charge is 0.704 e. The number of hydrogen-bond donors (Lipinski definition) is 2. The van der Waals surface area contributed by atoms with Gasteiger partial charge in [-0.25, -0.2) is 0 Å². The van der Waals surface area contributed by atoms with Gasteiger partial charge < -0.3 is 15.4 Å². The number of aliphatic hydroxyl groups excluding tert-OH is 2. The van der Waals surface area contributed by atoms with Crippen LogP contribution in [-0.2, 0) is 0 Å². The zero-order chi connectivity index (χ0) is 16.1. The standard InChI is InChI=1S/C12H20N4O4/c1-11(2,5-9(17)7-13)15(19)16(20)12(3,4)6-10(18)8-14/h9-10,17-18H,5-6H2,1-4H3/t9-,10-/m0/s1. The van der Waals surface area contributed by atoms with E-state index in [1.807, 2.05) is 0 Å². The van der Waals surface area contributed by atoms with Crippen molar-refractivity contribution in [2.75, 3.05) is 0 Å². The van der Waals surface area contributed by atoms with Gasteiger partial charge in [0.25, 0.3) is 0 Å². The Labute approximate surface area is 118 Å². The number of nitroso groups, excluding NO2 is 1. The molecule has 0 rings (SSSR count). The molecule has 0 amide bonds. The Morgan fingerprint density at radius 2 is 1.55 bits per heavy atom. The minimum Gasteiger partial charge on any atom is -0.704 e. The lowest BCUT2D eigenvalue weighted by Crippen LogP contribution is -2.54. The van der Waals surface area contributed by atoms with E-state index in [1.54, 1.807) is 12.1 Å². The molecule has 8 nitrogen and oxygen atoms in total. The molecule has 0 aromatic heterocycles. The number of nitrogens with zero attached hydrogens (tertiary/aromatic N) is 4. The van der Waals surface area contributed by atoms with Crippen LogP contribution in [0.3, 0.4) is 0 Å². The fraction of sp³-hybridized carbons (Fsp3) is 0.833. The first kappa shape index (κ1) is 18.3. The second-order valence-electron chi connectivity index (χ2n) is 5.87. The molecule has 0 aliphatic heterocycles. The Morgan fingerprint density at radius 3 is 1.95 bits per heavy atom. The average molecular weight is 284 g/mol. The van der Waals surface area contributed by atoms with E-state index in [1.165, 1.54) is 27.7 Å². The van der Waals surface area contributed by atoms with Gasteiger partial charge in [0.15, 0.2) is 0 Å². The first-order valence-corrected chi connectivity index (χ1v) is 6.08. The maximum Gasteiger partial charge on any atom is 0.240 e. The molecule has 0 fully saturated rings. The van der Waals surface area contributed by atoms with Crippen LogP contribution >= 0.6 is 0 Å². The highest BCUT2D eigenvalue weighted by molar-refractivity contribution is 4.91. The lowest BCUT2D eigenvalue weighted by atomic mass is 9.95. The molecule has 0 aromatic rings. The van der Waals surface area contributed by atoms with Crippen LogP contribution in [0.15, 0.2) is 0 Å². The van der Waals surface area contributed by atoms with E-state index in [-0.39, 0.29) is 22.9 Å². The van der Waals surface area contributed by atoms with E-state index in [9.17, 15) is 20.3 Å². The first-order chi connectivity index (χ1) is 8.97. The fourth-order valence-corrected chi connectivity index (χ4v) is 1.69. The molecule has 0 heterocycles. The summed E-state index contributed by atoms with van der Waals surface area (Å²) in [6, 6.07) is 3.16. The van der Waals surface area contributed by atoms with Gasteiger partial charge in [0.1, 0.15) is 17.1 Å². The molecule has 0 aliphatic rings. The Morgan fingerprint density at radius 1 is 1.15 bits per heavy atom. The summed E-state index contributed by atoms with van der Waals surface area (Å²) < 4.78 is 0. The quantitative estimate of drug-likeness (QED) is 0.396. The SMILES string of the molecule is CC(C)(C[C@H](O)C#N)N([O-])[N+](=O)C(C)(C)C[C@H](O)C#N. The minimum atomic E-state index is -1.36. The predicted molar refractivity (Wildman–Crippen MR) is 69.5 cm³/mol. The summed E-state index contributed by atoms with van der Waals surface area (Å²) in [6.45, 7) is 5.68. The van der Waals surface area contributed by atoms with Gasteiger partial charge in [-0.2, -0.15) is 15.7 Å². The summed E-state index contributed by atoms with van der Waals surface area (Å²) >= 11 is 0. The molecule has 0 aliphatic carbocycles. The third-order valence-corrected chi connectivity index (χ3v) is 2.88. The Hall–Kier alpha value is -1.74. The predicted octanol–water partition coefficient (Wildman–Crippen LogP) is 0.586. The van der Waals surface area contributed by atoms with Gasteiger partial charge in [-0.3, -0.25) is 0 Å². The molecule has 0 unspecified atom stereocenters. The highest BCUT2D eigenvalue weighted by Gasteiger charge is 2.44. The third kappa shape index (κ3) is 4.74. The van der Waals surface area contributed by atoms with E-state index in [2.05, 4.69) is 0 Å². The van der Waals surface area contributed by atoms with Gasteiger partial charge in [-0.1, -0.05) is 0 Å². The molecule has 0 saturated heterocycles. The molecule has 0 spiro atoms. The van der Waals surface area contributed by atoms with Crippen LogP contribution in [0.1, 0.15) is 40.5 Å². The molecule has 112 valence electrons. The maximum absolute atomic E-state index is 12.1. The number of rotatable bonds is 7. The first-order valence-electron chi connectivity index (χ1n) is 6.08. The summed E-state index contributed by atoms with van der Waals surface area (Å²) in [5.74, 6) is 0. The molecular weight excluding hydrogens is 264 g/mol. The molecule has 0 radical (unpaired) electrons. The normalized spacial score (nSPS) is 14.8. The summed E-state index contributed by atoms with van der Waals surface area (Å²) in [4.78, 5) is 12.2. The second-order valence-corrected chi connectivity index (χ2v) is 5.87. The van der Waals surface area contributed by atoms with Crippen molar-refractivity contribution in [3.8, 4) is 12.1 Å². The summed E-state index contributed by atoms with van der Waals surface area (Å²) in [6.07, 6.45) is -3.13. The number of aliphatic hydroxyl groups is 2. The highest BCUT2D eigenvalue weighted by Crippen LogP contribution is 2.26. The van der Waals surface area contributed by atoms with Crippen LogP contribution in [0.2, 0.25) is 0 Å². The van der Waals surface area contributed by atoms with Gasteiger partial charge in [0.2, 0.25) is 5.54 Å². The van der Waals surface area contributed by atoms with E-state index < -0.39 is 23.3 Å². The molecule has 20 heavy (non-hydrogen) atoms. The maximum atomic E-state index is 12.1. The fourth-order valence-electron chi connectivity index (χ4n) is 1.69. The Balaban J connectivity index is 5.01. The van der Waals surface area contributed by atoms with E-state index in [0.717, 1.165) is 0 Å². The number of nitriles is 2. The molecule has 0 bridgehead atoms. The zero-order valence-electron chi connectivity index (χ0n) is 12.1. The monoisotopic (exact) mass is 284 g/mol. The highest BCUT2D eigenvalue weighted by atomic mass is 16.6. The van der Waals surface area contributed by atoms with Gasteiger partial charge in [-0.15, -0.1) is 0 Å². The van der Waals surface area contributed by atoms with Crippen molar-refractivity contribution in [2.24, 2.45) is 0 Å². The van der Waals surface area contributed by atoms with E-state index >= 15 is 0 Å². The topological polar surface area (TPSA) is 134 Å². The van der Waals surface area contributed by atoms with Gasteiger partial charge in [0, 0.05) is 20.3 Å². The molecule has 2 N–H and O–H groups in total. The minimum absolute atomic E-state index is 0.123. The van der Waals surface area contributed by atoms with Crippen LogP contribution in [0.4, 0.5) is 0 Å². The van der Waals surface area contributed by atoms with Gasteiger partial charge in [0.05, 0.1) is 29.0 Å². The molecule has 8 heteroatoms. The Bertz CT molecular complexity index is 436. The smallest absolute Gasteiger partial charge is 0.240 e. The van der Waals surface area contributed by atoms with Crippen molar-refractivity contribution in [3.05, 3.63) is 10.1 Å². The van der Waals surface area contributed by atoms with Crippen molar-refractivity contribution in [1.29, 1.82) is 10.5 Å². The van der Waals surface area contributed by atoms with E-state index in [0.29, 0.717) is 0 Å². The van der Waals surface area contributed by atoms with Crippen LogP contribution in [-0.4, -0.2) is 43.5 Å². The molecule has 0 saturated carbocycles. The molecule has 0 aromatic carbocycles. The summed E-state index contributed by atoms with van der Waals surface area (Å²) in [7, 11) is 0. The second kappa shape index (κ2) is 6.62. The van der Waals surface area contributed by atoms with Gasteiger partial charge in [-0.05, 0) is 13.8 Å².